The molecule has 0 bridgehead atoms. The van der Waals surface area contributed by atoms with Crippen molar-refractivity contribution in [2.24, 2.45) is 0 Å². The van der Waals surface area contributed by atoms with Crippen molar-refractivity contribution in [2.75, 3.05) is 6.54 Å². The van der Waals surface area contributed by atoms with E-state index in [-0.39, 0.29) is 16.8 Å². The molecule has 0 amide bonds. The van der Waals surface area contributed by atoms with Crippen molar-refractivity contribution in [2.45, 2.75) is 30.7 Å². The highest BCUT2D eigenvalue weighted by Crippen LogP contribution is 2.37. The third-order valence-electron chi connectivity index (χ3n) is 5.01. The maximum atomic E-state index is 13.3. The molecule has 27 heavy (non-hydrogen) atoms. The standard InChI is InChI=1S/C20H20FN3O2S/c1-15-20(14-22-24(15)18-6-3-2-4-7-18)27(25,26)23-13-5-8-19(23)16-9-11-17(21)12-10-16/h2-4,6-7,9-12,14,19H,5,8,13H2,1H3/t19-/m1/s1. The van der Waals surface area contributed by atoms with E-state index in [0.29, 0.717) is 12.2 Å². The average Bonchev–Trinajstić information content (AvgIpc) is 3.31. The predicted molar refractivity (Wildman–Crippen MR) is 101 cm³/mol. The van der Waals surface area contributed by atoms with E-state index in [0.717, 1.165) is 24.1 Å². The lowest BCUT2D eigenvalue weighted by atomic mass is 10.1. The molecular formula is C20H20FN3O2S. The first-order valence-corrected chi connectivity index (χ1v) is 10.3. The van der Waals surface area contributed by atoms with Crippen LogP contribution in [-0.4, -0.2) is 29.0 Å². The Kier molecular flexibility index (Phi) is 4.57. The first-order valence-electron chi connectivity index (χ1n) is 8.86. The normalized spacial score (nSPS) is 18.1. The number of rotatable bonds is 4. The Labute approximate surface area is 158 Å². The van der Waals surface area contributed by atoms with Crippen LogP contribution in [0.3, 0.4) is 0 Å². The van der Waals surface area contributed by atoms with Crippen molar-refractivity contribution in [3.63, 3.8) is 0 Å². The second-order valence-electron chi connectivity index (χ2n) is 6.67. The average molecular weight is 385 g/mol. The summed E-state index contributed by atoms with van der Waals surface area (Å²) in [5.74, 6) is -0.328. The van der Waals surface area contributed by atoms with E-state index >= 15 is 0 Å². The molecule has 1 aromatic heterocycles. The molecular weight excluding hydrogens is 365 g/mol. The molecule has 0 spiro atoms. The molecule has 2 aromatic carbocycles. The molecule has 1 atom stereocenters. The molecule has 3 aromatic rings. The quantitative estimate of drug-likeness (QED) is 0.686. The molecule has 0 N–H and O–H groups in total. The number of nitrogens with zero attached hydrogens (tertiary/aromatic N) is 3. The predicted octanol–water partition coefficient (Wildman–Crippen LogP) is 3.85. The summed E-state index contributed by atoms with van der Waals surface area (Å²) in [6.45, 7) is 2.20. The molecule has 0 saturated carbocycles. The largest absolute Gasteiger partial charge is 0.247 e. The van der Waals surface area contributed by atoms with Gasteiger partial charge in [-0.1, -0.05) is 30.3 Å². The summed E-state index contributed by atoms with van der Waals surface area (Å²) in [6, 6.07) is 15.2. The van der Waals surface area contributed by atoms with E-state index in [1.165, 1.54) is 22.6 Å². The van der Waals surface area contributed by atoms with Gasteiger partial charge < -0.3 is 0 Å². The van der Waals surface area contributed by atoms with Crippen LogP contribution in [-0.2, 0) is 10.0 Å². The molecule has 7 heteroatoms. The molecule has 140 valence electrons. The zero-order valence-electron chi connectivity index (χ0n) is 14.9. The van der Waals surface area contributed by atoms with E-state index in [1.54, 1.807) is 23.7 Å². The smallest absolute Gasteiger partial charge is 0.237 e. The number of para-hydroxylation sites is 1. The van der Waals surface area contributed by atoms with E-state index in [9.17, 15) is 12.8 Å². The minimum absolute atomic E-state index is 0.209. The Hall–Kier alpha value is -2.51. The molecule has 0 radical (unpaired) electrons. The van der Waals surface area contributed by atoms with Gasteiger partial charge in [-0.25, -0.2) is 17.5 Å². The van der Waals surface area contributed by atoms with Gasteiger partial charge in [0.1, 0.15) is 10.7 Å². The fourth-order valence-corrected chi connectivity index (χ4v) is 5.47. The molecule has 5 nitrogen and oxygen atoms in total. The van der Waals surface area contributed by atoms with Crippen molar-refractivity contribution >= 4 is 10.0 Å². The van der Waals surface area contributed by atoms with Crippen LogP contribution < -0.4 is 0 Å². The topological polar surface area (TPSA) is 55.2 Å². The first kappa shape index (κ1) is 17.9. The molecule has 1 aliphatic heterocycles. The Balaban J connectivity index is 1.71. The summed E-state index contributed by atoms with van der Waals surface area (Å²) < 4.78 is 43.1. The number of aromatic nitrogens is 2. The zero-order valence-corrected chi connectivity index (χ0v) is 15.7. The van der Waals surface area contributed by atoms with Gasteiger partial charge in [0, 0.05) is 6.54 Å². The highest BCUT2D eigenvalue weighted by Gasteiger charge is 2.38. The maximum absolute atomic E-state index is 13.3. The van der Waals surface area contributed by atoms with Gasteiger partial charge in [0.25, 0.3) is 0 Å². The van der Waals surface area contributed by atoms with E-state index in [2.05, 4.69) is 5.10 Å². The monoisotopic (exact) mass is 385 g/mol. The summed E-state index contributed by atoms with van der Waals surface area (Å²) in [4.78, 5) is 0.209. The van der Waals surface area contributed by atoms with Gasteiger partial charge in [-0.2, -0.15) is 9.40 Å². The number of hydrogen-bond donors (Lipinski definition) is 0. The van der Waals surface area contributed by atoms with Crippen LogP contribution in [0.15, 0.2) is 65.7 Å². The zero-order chi connectivity index (χ0) is 19.0. The van der Waals surface area contributed by atoms with E-state index in [4.69, 9.17) is 0 Å². The van der Waals surface area contributed by atoms with Crippen molar-refractivity contribution in [3.05, 3.63) is 77.9 Å². The van der Waals surface area contributed by atoms with Gasteiger partial charge in [-0.15, -0.1) is 0 Å². The first-order chi connectivity index (χ1) is 13.0. The van der Waals surface area contributed by atoms with Crippen molar-refractivity contribution in [3.8, 4) is 5.69 Å². The van der Waals surface area contributed by atoms with Crippen LogP contribution in [0.1, 0.15) is 30.1 Å². The van der Waals surface area contributed by atoms with Gasteiger partial charge in [-0.05, 0) is 49.6 Å². The number of halogens is 1. The Bertz CT molecular complexity index is 1050. The molecule has 1 aliphatic rings. The number of hydrogen-bond acceptors (Lipinski definition) is 3. The van der Waals surface area contributed by atoms with Crippen LogP contribution in [0.5, 0.6) is 0 Å². The molecule has 0 unspecified atom stereocenters. The van der Waals surface area contributed by atoms with Crippen LogP contribution >= 0.6 is 0 Å². The lowest BCUT2D eigenvalue weighted by Gasteiger charge is -2.24. The van der Waals surface area contributed by atoms with Crippen LogP contribution in [0, 0.1) is 12.7 Å². The van der Waals surface area contributed by atoms with Gasteiger partial charge in [0.05, 0.1) is 23.6 Å². The third kappa shape index (κ3) is 3.17. The van der Waals surface area contributed by atoms with Gasteiger partial charge in [0.2, 0.25) is 10.0 Å². The fourth-order valence-electron chi connectivity index (χ4n) is 3.65. The number of benzene rings is 2. The second-order valence-corrected chi connectivity index (χ2v) is 8.53. The Morgan fingerprint density at radius 3 is 2.48 bits per heavy atom. The fraction of sp³-hybridized carbons (Fsp3) is 0.250. The minimum Gasteiger partial charge on any atom is -0.237 e. The van der Waals surface area contributed by atoms with E-state index in [1.807, 2.05) is 30.3 Å². The maximum Gasteiger partial charge on any atom is 0.247 e. The van der Waals surface area contributed by atoms with Crippen LogP contribution in [0.4, 0.5) is 4.39 Å². The molecule has 1 saturated heterocycles. The highest BCUT2D eigenvalue weighted by molar-refractivity contribution is 7.89. The SMILES string of the molecule is Cc1c(S(=O)(=O)N2CCC[C@@H]2c2ccc(F)cc2)cnn1-c1ccccc1. The lowest BCUT2D eigenvalue weighted by Crippen LogP contribution is -2.31. The van der Waals surface area contributed by atoms with Gasteiger partial charge in [-0.3, -0.25) is 0 Å². The molecule has 0 aliphatic carbocycles. The highest BCUT2D eigenvalue weighted by atomic mass is 32.2. The van der Waals surface area contributed by atoms with Gasteiger partial charge in [0.15, 0.2) is 0 Å². The lowest BCUT2D eigenvalue weighted by molar-refractivity contribution is 0.396. The van der Waals surface area contributed by atoms with Crippen molar-refractivity contribution in [1.82, 2.24) is 14.1 Å². The Morgan fingerprint density at radius 2 is 1.78 bits per heavy atom. The van der Waals surface area contributed by atoms with Crippen LogP contribution in [0.2, 0.25) is 0 Å². The van der Waals surface area contributed by atoms with E-state index < -0.39 is 10.0 Å². The van der Waals surface area contributed by atoms with Gasteiger partial charge >= 0.3 is 0 Å². The van der Waals surface area contributed by atoms with Crippen LogP contribution in [0.25, 0.3) is 5.69 Å². The number of sulfonamides is 1. The minimum atomic E-state index is -3.71. The third-order valence-corrected chi connectivity index (χ3v) is 7.02. The molecule has 2 heterocycles. The second kappa shape index (κ2) is 6.90. The molecule has 1 fully saturated rings. The van der Waals surface area contributed by atoms with Crippen molar-refractivity contribution in [1.29, 1.82) is 0 Å². The van der Waals surface area contributed by atoms with Crippen molar-refractivity contribution < 1.29 is 12.8 Å². The molecule has 4 rings (SSSR count). The Morgan fingerprint density at radius 1 is 1.07 bits per heavy atom. The summed E-state index contributed by atoms with van der Waals surface area (Å²) in [7, 11) is -3.71. The summed E-state index contributed by atoms with van der Waals surface area (Å²) in [6.07, 6.45) is 2.90. The summed E-state index contributed by atoms with van der Waals surface area (Å²) in [5, 5.41) is 4.29. The summed E-state index contributed by atoms with van der Waals surface area (Å²) in [5.41, 5.74) is 2.20. The summed E-state index contributed by atoms with van der Waals surface area (Å²) >= 11 is 0.